The SMILES string of the molecule is Clc1cc(C=NCCc2ccccc2)nc2ccccc12. The van der Waals surface area contributed by atoms with Gasteiger partial charge in [0.2, 0.25) is 0 Å². The summed E-state index contributed by atoms with van der Waals surface area (Å²) in [6.45, 7) is 0.746. The molecule has 0 saturated heterocycles. The summed E-state index contributed by atoms with van der Waals surface area (Å²) in [6.07, 6.45) is 2.72. The van der Waals surface area contributed by atoms with Gasteiger partial charge in [-0.1, -0.05) is 60.1 Å². The number of halogens is 1. The summed E-state index contributed by atoms with van der Waals surface area (Å²) in [6, 6.07) is 20.0. The van der Waals surface area contributed by atoms with Crippen molar-refractivity contribution in [1.82, 2.24) is 4.98 Å². The Morgan fingerprint density at radius 1 is 1.00 bits per heavy atom. The van der Waals surface area contributed by atoms with Crippen LogP contribution < -0.4 is 0 Å². The minimum absolute atomic E-state index is 0.713. The van der Waals surface area contributed by atoms with Gasteiger partial charge in [-0.2, -0.15) is 0 Å². The average molecular weight is 295 g/mol. The zero-order chi connectivity index (χ0) is 14.5. The maximum absolute atomic E-state index is 6.27. The van der Waals surface area contributed by atoms with Gasteiger partial charge in [0, 0.05) is 18.1 Å². The predicted octanol–water partition coefficient (Wildman–Crippen LogP) is 4.55. The lowest BCUT2D eigenvalue weighted by Crippen LogP contribution is -1.93. The molecule has 3 aromatic rings. The topological polar surface area (TPSA) is 25.2 Å². The van der Waals surface area contributed by atoms with Gasteiger partial charge in [0.15, 0.2) is 0 Å². The summed E-state index contributed by atoms with van der Waals surface area (Å²) < 4.78 is 0. The Morgan fingerprint density at radius 3 is 2.62 bits per heavy atom. The van der Waals surface area contributed by atoms with E-state index in [2.05, 4.69) is 22.1 Å². The molecule has 0 spiro atoms. The molecular weight excluding hydrogens is 280 g/mol. The second-order valence-corrected chi connectivity index (χ2v) is 5.22. The summed E-state index contributed by atoms with van der Waals surface area (Å²) in [4.78, 5) is 8.99. The van der Waals surface area contributed by atoms with Crippen LogP contribution in [0.1, 0.15) is 11.3 Å². The lowest BCUT2D eigenvalue weighted by atomic mass is 10.1. The Bertz CT molecular complexity index is 767. The molecule has 2 aromatic carbocycles. The Morgan fingerprint density at radius 2 is 1.76 bits per heavy atom. The molecule has 0 fully saturated rings. The van der Waals surface area contributed by atoms with Gasteiger partial charge in [-0.05, 0) is 24.1 Å². The van der Waals surface area contributed by atoms with Crippen LogP contribution in [0, 0.1) is 0 Å². The number of aliphatic imine (C=N–C) groups is 1. The highest BCUT2D eigenvalue weighted by Gasteiger charge is 2.01. The zero-order valence-corrected chi connectivity index (χ0v) is 12.3. The van der Waals surface area contributed by atoms with Crippen LogP contribution in [0.25, 0.3) is 10.9 Å². The Kier molecular flexibility index (Phi) is 4.27. The van der Waals surface area contributed by atoms with E-state index in [0.717, 1.165) is 29.6 Å². The van der Waals surface area contributed by atoms with Gasteiger partial charge in [-0.25, -0.2) is 4.98 Å². The van der Waals surface area contributed by atoms with Gasteiger partial charge in [0.1, 0.15) is 0 Å². The number of benzene rings is 2. The van der Waals surface area contributed by atoms with Gasteiger partial charge in [0.05, 0.1) is 16.2 Å². The lowest BCUT2D eigenvalue weighted by molar-refractivity contribution is 0.972. The molecule has 0 N–H and O–H groups in total. The van der Waals surface area contributed by atoms with Crippen LogP contribution in [-0.4, -0.2) is 17.7 Å². The highest BCUT2D eigenvalue weighted by atomic mass is 35.5. The van der Waals surface area contributed by atoms with Crippen LogP contribution in [0.15, 0.2) is 65.7 Å². The van der Waals surface area contributed by atoms with Crippen molar-refractivity contribution in [3.8, 4) is 0 Å². The van der Waals surface area contributed by atoms with Crippen molar-refractivity contribution in [2.45, 2.75) is 6.42 Å². The highest BCUT2D eigenvalue weighted by molar-refractivity contribution is 6.35. The first-order valence-corrected chi connectivity index (χ1v) is 7.30. The maximum Gasteiger partial charge on any atom is 0.0830 e. The van der Waals surface area contributed by atoms with E-state index in [1.807, 2.05) is 48.5 Å². The molecule has 0 bridgehead atoms. The van der Waals surface area contributed by atoms with E-state index in [-0.39, 0.29) is 0 Å². The van der Waals surface area contributed by atoms with Crippen molar-refractivity contribution in [3.05, 3.63) is 76.9 Å². The predicted molar refractivity (Wildman–Crippen MR) is 89.4 cm³/mol. The van der Waals surface area contributed by atoms with Crippen molar-refractivity contribution < 1.29 is 0 Å². The molecule has 0 atom stereocenters. The molecule has 0 amide bonds. The molecule has 21 heavy (non-hydrogen) atoms. The lowest BCUT2D eigenvalue weighted by Gasteiger charge is -2.01. The first-order chi connectivity index (χ1) is 10.3. The van der Waals surface area contributed by atoms with Crippen LogP contribution in [0.2, 0.25) is 5.02 Å². The molecule has 0 unspecified atom stereocenters. The molecule has 0 aliphatic rings. The third kappa shape index (κ3) is 3.47. The number of aromatic nitrogens is 1. The zero-order valence-electron chi connectivity index (χ0n) is 11.5. The summed E-state index contributed by atoms with van der Waals surface area (Å²) in [7, 11) is 0. The summed E-state index contributed by atoms with van der Waals surface area (Å²) in [5, 5.41) is 1.69. The number of fused-ring (bicyclic) bond motifs is 1. The van der Waals surface area contributed by atoms with Gasteiger partial charge < -0.3 is 0 Å². The van der Waals surface area contributed by atoms with E-state index in [9.17, 15) is 0 Å². The van der Waals surface area contributed by atoms with Crippen molar-refractivity contribution in [1.29, 1.82) is 0 Å². The van der Waals surface area contributed by atoms with Crippen molar-refractivity contribution in [2.75, 3.05) is 6.54 Å². The van der Waals surface area contributed by atoms with E-state index in [1.54, 1.807) is 6.21 Å². The molecule has 0 aliphatic carbocycles. The first-order valence-electron chi connectivity index (χ1n) is 6.92. The van der Waals surface area contributed by atoms with E-state index in [1.165, 1.54) is 5.56 Å². The maximum atomic E-state index is 6.27. The van der Waals surface area contributed by atoms with Crippen molar-refractivity contribution in [3.63, 3.8) is 0 Å². The number of hydrogen-bond acceptors (Lipinski definition) is 2. The number of hydrogen-bond donors (Lipinski definition) is 0. The molecule has 2 nitrogen and oxygen atoms in total. The van der Waals surface area contributed by atoms with Crippen LogP contribution in [0.3, 0.4) is 0 Å². The van der Waals surface area contributed by atoms with E-state index >= 15 is 0 Å². The first kappa shape index (κ1) is 13.8. The molecule has 0 radical (unpaired) electrons. The number of para-hydroxylation sites is 1. The Labute approximate surface area is 129 Å². The quantitative estimate of drug-likeness (QED) is 0.648. The second kappa shape index (κ2) is 6.51. The smallest absolute Gasteiger partial charge is 0.0830 e. The fourth-order valence-electron chi connectivity index (χ4n) is 2.21. The van der Waals surface area contributed by atoms with Gasteiger partial charge in [-0.3, -0.25) is 4.99 Å². The van der Waals surface area contributed by atoms with E-state index in [4.69, 9.17) is 11.6 Å². The summed E-state index contributed by atoms with van der Waals surface area (Å²) in [5.74, 6) is 0. The molecule has 1 heterocycles. The van der Waals surface area contributed by atoms with Crippen LogP contribution >= 0.6 is 11.6 Å². The van der Waals surface area contributed by atoms with Crippen LogP contribution in [-0.2, 0) is 6.42 Å². The monoisotopic (exact) mass is 294 g/mol. The minimum atomic E-state index is 0.713. The van der Waals surface area contributed by atoms with E-state index in [0.29, 0.717) is 5.02 Å². The largest absolute Gasteiger partial charge is 0.291 e. The summed E-state index contributed by atoms with van der Waals surface area (Å²) in [5.41, 5.74) is 2.99. The number of pyridine rings is 1. The van der Waals surface area contributed by atoms with Gasteiger partial charge in [0.25, 0.3) is 0 Å². The van der Waals surface area contributed by atoms with Crippen LogP contribution in [0.4, 0.5) is 0 Å². The third-order valence-electron chi connectivity index (χ3n) is 3.28. The normalized spacial score (nSPS) is 11.3. The van der Waals surface area contributed by atoms with Crippen molar-refractivity contribution >= 4 is 28.7 Å². The second-order valence-electron chi connectivity index (χ2n) is 4.82. The Balaban J connectivity index is 1.71. The molecule has 1 aromatic heterocycles. The molecule has 3 heteroatoms. The number of rotatable bonds is 4. The molecule has 104 valence electrons. The highest BCUT2D eigenvalue weighted by Crippen LogP contribution is 2.22. The van der Waals surface area contributed by atoms with E-state index < -0.39 is 0 Å². The third-order valence-corrected chi connectivity index (χ3v) is 3.59. The van der Waals surface area contributed by atoms with Gasteiger partial charge in [-0.15, -0.1) is 0 Å². The fraction of sp³-hybridized carbons (Fsp3) is 0.111. The van der Waals surface area contributed by atoms with Crippen LogP contribution in [0.5, 0.6) is 0 Å². The molecule has 0 aliphatic heterocycles. The number of nitrogens with zero attached hydrogens (tertiary/aromatic N) is 2. The fourth-order valence-corrected chi connectivity index (χ4v) is 2.49. The summed E-state index contributed by atoms with van der Waals surface area (Å²) >= 11 is 6.27. The van der Waals surface area contributed by atoms with Crippen molar-refractivity contribution in [2.24, 2.45) is 4.99 Å². The average Bonchev–Trinajstić information content (AvgIpc) is 2.53. The van der Waals surface area contributed by atoms with Gasteiger partial charge >= 0.3 is 0 Å². The standard InChI is InChI=1S/C18H15ClN2/c19-17-12-15(21-18-9-5-4-8-16(17)18)13-20-11-10-14-6-2-1-3-7-14/h1-9,12-13H,10-11H2. The minimum Gasteiger partial charge on any atom is -0.291 e. The molecule has 3 rings (SSSR count). The molecular formula is C18H15ClN2. The Hall–Kier alpha value is -2.19. The molecule has 0 saturated carbocycles.